The number of fused-ring (bicyclic) bond motifs is 10. The van der Waals surface area contributed by atoms with Crippen molar-refractivity contribution in [2.45, 2.75) is 76.0 Å². The van der Waals surface area contributed by atoms with Crippen molar-refractivity contribution in [1.82, 2.24) is 24.1 Å². The third-order valence-corrected chi connectivity index (χ3v) is 22.5. The van der Waals surface area contributed by atoms with E-state index in [1.165, 1.54) is 169 Å². The van der Waals surface area contributed by atoms with Crippen LogP contribution in [0.25, 0.3) is 156 Å². The van der Waals surface area contributed by atoms with Gasteiger partial charge < -0.3 is 9.13 Å². The Labute approximate surface area is 577 Å². The molecule has 2 aliphatic carbocycles. The molecule has 0 saturated heterocycles. The second kappa shape index (κ2) is 23.7. The number of aromatic nitrogens is 5. The lowest BCUT2D eigenvalue weighted by Gasteiger charge is -2.35. The molecule has 13 aromatic carbocycles. The van der Waals surface area contributed by atoms with Crippen molar-refractivity contribution in [3.8, 4) is 112 Å². The van der Waals surface area contributed by atoms with Crippen LogP contribution >= 0.6 is 0 Å². The van der Waals surface area contributed by atoms with Crippen LogP contribution in [-0.2, 0) is 0 Å². The van der Waals surface area contributed by atoms with E-state index in [1.54, 1.807) is 0 Å². The molecule has 6 heteroatoms. The van der Waals surface area contributed by atoms with Crippen molar-refractivity contribution in [2.24, 2.45) is 0 Å². The molecule has 3 aromatic heterocycles. The molecule has 0 unspecified atom stereocenters. The van der Waals surface area contributed by atoms with Gasteiger partial charge in [-0.1, -0.05) is 257 Å². The molecule has 5 heterocycles. The van der Waals surface area contributed by atoms with Gasteiger partial charge in [0.15, 0.2) is 17.5 Å². The zero-order chi connectivity index (χ0) is 65.1. The van der Waals surface area contributed by atoms with Gasteiger partial charge in [-0.15, -0.1) is 0 Å². The predicted molar refractivity (Wildman–Crippen MR) is 414 cm³/mol. The lowest BCUT2D eigenvalue weighted by Crippen LogP contribution is -2.59. The smallest absolute Gasteiger partial charge is 0.252 e. The largest absolute Gasteiger partial charge is 0.310 e. The van der Waals surface area contributed by atoms with Crippen LogP contribution in [0.3, 0.4) is 0 Å². The maximum atomic E-state index is 5.88. The number of hydrogen-bond acceptors (Lipinski definition) is 3. The molecule has 2 aliphatic heterocycles. The number of benzene rings is 13. The van der Waals surface area contributed by atoms with E-state index in [4.69, 9.17) is 15.0 Å². The number of hydrogen-bond donors (Lipinski definition) is 0. The van der Waals surface area contributed by atoms with Crippen LogP contribution < -0.4 is 16.4 Å². The van der Waals surface area contributed by atoms with Gasteiger partial charge in [-0.2, -0.15) is 0 Å². The summed E-state index contributed by atoms with van der Waals surface area (Å²) in [6.07, 6.45) is 12.4. The third kappa shape index (κ3) is 9.70. The van der Waals surface area contributed by atoms with Crippen molar-refractivity contribution in [1.29, 1.82) is 0 Å². The van der Waals surface area contributed by atoms with Crippen LogP contribution in [0.2, 0.25) is 0 Å². The maximum absolute atomic E-state index is 5.88. The van der Waals surface area contributed by atoms with Gasteiger partial charge in [-0.3, -0.25) is 0 Å². The van der Waals surface area contributed by atoms with Gasteiger partial charge in [-0.25, -0.2) is 15.0 Å². The summed E-state index contributed by atoms with van der Waals surface area (Å²) in [6.45, 7) is -0.0654. The lowest BCUT2D eigenvalue weighted by atomic mass is 9.34. The fourth-order valence-corrected chi connectivity index (χ4v) is 17.9. The van der Waals surface area contributed by atoms with E-state index in [1.807, 2.05) is 0 Å². The molecule has 2 fully saturated rings. The van der Waals surface area contributed by atoms with E-state index < -0.39 is 0 Å². The summed E-state index contributed by atoms with van der Waals surface area (Å²) in [5, 5.41) is 5.44. The quantitative estimate of drug-likeness (QED) is 0.121. The Morgan fingerprint density at radius 1 is 0.263 bits per heavy atom. The monoisotopic (exact) mass is 1270 g/mol. The molecule has 0 radical (unpaired) electrons. The Hall–Kier alpha value is -11.5. The van der Waals surface area contributed by atoms with Gasteiger partial charge in [0.2, 0.25) is 0 Å². The highest BCUT2D eigenvalue weighted by Gasteiger charge is 2.43. The highest BCUT2D eigenvalue weighted by Crippen LogP contribution is 2.49. The van der Waals surface area contributed by atoms with Gasteiger partial charge in [0, 0.05) is 60.6 Å². The summed E-state index contributed by atoms with van der Waals surface area (Å²) in [7, 11) is 0. The van der Waals surface area contributed by atoms with Crippen molar-refractivity contribution >= 4 is 66.7 Å². The van der Waals surface area contributed by atoms with Crippen LogP contribution in [0.15, 0.2) is 291 Å². The van der Waals surface area contributed by atoms with Crippen LogP contribution in [0, 0.1) is 0 Å². The second-order valence-electron chi connectivity index (χ2n) is 28.2. The minimum Gasteiger partial charge on any atom is -0.310 e. The standard InChI is InChI=1S/C93H70BN5/c1-9-25-59(26-10-1)67-41-47-82-78(55-67)86-76(65-37-21-7-22-38-65)43-45-80-89(86)98(82)84-57-75(58-85-88(84)94(80)81-46-44-77(66-39-23-8-24-40-66)87-79-56-68(60-27-11-2-12-28-60)42-48-83(79)99(85)90(81)87)93-96-91(73-51-69(61-29-13-3-14-30-61)49-70(52-73)62-31-15-4-16-32-62)95-92(97-93)74-53-71(63-33-17-5-18-34-63)50-72(54-74)64-35-19-6-20-36-64/h1-6,9-20,25-36,41-58,65-66H,7-8,21-24,37-40H2. The minimum absolute atomic E-state index is 0.0654. The molecule has 0 spiro atoms. The van der Waals surface area contributed by atoms with Gasteiger partial charge in [0.1, 0.15) is 0 Å². The molecule has 0 atom stereocenters. The molecule has 0 amide bonds. The average Bonchev–Trinajstić information content (AvgIpc) is 1.55. The first kappa shape index (κ1) is 57.8. The Morgan fingerprint density at radius 3 is 0.899 bits per heavy atom. The molecular weight excluding hydrogens is 1200 g/mol. The molecule has 0 bridgehead atoms. The Kier molecular flexibility index (Phi) is 13.8. The van der Waals surface area contributed by atoms with Crippen molar-refractivity contribution in [3.63, 3.8) is 0 Å². The van der Waals surface area contributed by atoms with Gasteiger partial charge in [0.05, 0.1) is 11.0 Å². The van der Waals surface area contributed by atoms with Crippen LogP contribution in [0.5, 0.6) is 0 Å². The SMILES string of the molecule is c1ccc(-c2cc(-c3ccccc3)cc(-c3nc(-c4cc(-c5ccccc5)cc(-c5ccccc5)c4)nc(-c4cc5c6c(c4)-n4c7ccc(-c8ccccc8)cc7c7c(C8CCCCC8)ccc(c74)B6c4ccc(C6CCCCC6)c6c7cc(-c8ccccc8)ccc7n-5c46)n3)c2)cc1. The maximum Gasteiger partial charge on any atom is 0.252 e. The zero-order valence-electron chi connectivity index (χ0n) is 55.3. The molecular formula is C93H70BN5. The summed E-state index contributed by atoms with van der Waals surface area (Å²) >= 11 is 0. The summed E-state index contributed by atoms with van der Waals surface area (Å²) in [5.74, 6) is 2.77. The summed E-state index contributed by atoms with van der Waals surface area (Å²) in [6, 6.07) is 109. The first-order chi connectivity index (χ1) is 49.1. The fraction of sp³-hybridized carbons (Fsp3) is 0.129. The summed E-state index contributed by atoms with van der Waals surface area (Å²) in [4.78, 5) is 17.5. The summed E-state index contributed by atoms with van der Waals surface area (Å²) < 4.78 is 5.37. The predicted octanol–water partition coefficient (Wildman–Crippen LogP) is 22.3. The minimum atomic E-state index is -0.0654. The highest BCUT2D eigenvalue weighted by atomic mass is 15.1. The Bertz CT molecular complexity index is 5380. The van der Waals surface area contributed by atoms with Crippen LogP contribution in [0.4, 0.5) is 0 Å². The normalized spacial score (nSPS) is 14.4. The topological polar surface area (TPSA) is 48.5 Å². The first-order valence-electron chi connectivity index (χ1n) is 35.9. The van der Waals surface area contributed by atoms with Crippen molar-refractivity contribution in [3.05, 3.63) is 302 Å². The molecule has 4 aliphatic rings. The molecule has 0 N–H and O–H groups in total. The van der Waals surface area contributed by atoms with Gasteiger partial charge in [0.25, 0.3) is 6.71 Å². The average molecular weight is 1270 g/mol. The Balaban J connectivity index is 0.917. The molecule has 20 rings (SSSR count). The van der Waals surface area contributed by atoms with Gasteiger partial charge >= 0.3 is 0 Å². The first-order valence-corrected chi connectivity index (χ1v) is 35.9. The van der Waals surface area contributed by atoms with E-state index >= 15 is 0 Å². The summed E-state index contributed by atoms with van der Waals surface area (Å²) in [5.41, 5.74) is 31.0. The van der Waals surface area contributed by atoms with E-state index in [0.29, 0.717) is 29.3 Å². The van der Waals surface area contributed by atoms with Gasteiger partial charge in [-0.05, 0) is 205 Å². The number of nitrogens with zero attached hydrogens (tertiary/aromatic N) is 5. The molecule has 99 heavy (non-hydrogen) atoms. The lowest BCUT2D eigenvalue weighted by molar-refractivity contribution is 0.445. The fourth-order valence-electron chi connectivity index (χ4n) is 17.9. The molecule has 2 saturated carbocycles. The highest BCUT2D eigenvalue weighted by molar-refractivity contribution is 7.00. The van der Waals surface area contributed by atoms with E-state index in [9.17, 15) is 0 Å². The van der Waals surface area contributed by atoms with Crippen molar-refractivity contribution in [2.75, 3.05) is 0 Å². The third-order valence-electron chi connectivity index (χ3n) is 22.5. The molecule has 5 nitrogen and oxygen atoms in total. The number of rotatable bonds is 11. The van der Waals surface area contributed by atoms with E-state index in [2.05, 4.69) is 300 Å². The zero-order valence-corrected chi connectivity index (χ0v) is 55.3. The van der Waals surface area contributed by atoms with E-state index in [0.717, 1.165) is 61.2 Å². The Morgan fingerprint density at radius 2 is 0.566 bits per heavy atom. The van der Waals surface area contributed by atoms with Crippen LogP contribution in [0.1, 0.15) is 87.2 Å². The van der Waals surface area contributed by atoms with Crippen LogP contribution in [-0.4, -0.2) is 30.8 Å². The second-order valence-corrected chi connectivity index (χ2v) is 28.2. The molecule has 470 valence electrons. The molecule has 16 aromatic rings. The van der Waals surface area contributed by atoms with Crippen molar-refractivity contribution < 1.29 is 0 Å². The van der Waals surface area contributed by atoms with E-state index in [-0.39, 0.29) is 6.71 Å².